The van der Waals surface area contributed by atoms with Crippen molar-refractivity contribution in [3.8, 4) is 0 Å². The average Bonchev–Trinajstić information content (AvgIpc) is 2.26. The first-order valence-electron chi connectivity index (χ1n) is 5.82. The highest BCUT2D eigenvalue weighted by Gasteiger charge is 2.25. The first kappa shape index (κ1) is 13.6. The predicted octanol–water partition coefficient (Wildman–Crippen LogP) is 3.63. The Balaban J connectivity index is 2.57. The second kappa shape index (κ2) is 4.70. The number of hydrogen-bond donors (Lipinski definition) is 1. The third kappa shape index (κ3) is 2.79. The highest BCUT2D eigenvalue weighted by atomic mass is 19.1. The smallest absolute Gasteiger partial charge is 0.126 e. The van der Waals surface area contributed by atoms with Gasteiger partial charge in [0.1, 0.15) is 17.5 Å². The van der Waals surface area contributed by atoms with E-state index in [2.05, 4.69) is 0 Å². The molecule has 0 amide bonds. The molecule has 0 aliphatic carbocycles. The molecule has 0 radical (unpaired) electrons. The molecule has 4 heteroatoms. The molecule has 0 saturated carbocycles. The number of nitrogens with two attached hydrogens (primary N) is 1. The fraction of sp³-hybridized carbons (Fsp3) is 0.200. The number of halogens is 3. The number of aryl methyl sites for hydroxylation is 1. The van der Waals surface area contributed by atoms with Gasteiger partial charge in [0, 0.05) is 6.07 Å². The number of rotatable bonds is 2. The topological polar surface area (TPSA) is 26.0 Å². The summed E-state index contributed by atoms with van der Waals surface area (Å²) in [4.78, 5) is 0. The van der Waals surface area contributed by atoms with E-state index in [1.54, 1.807) is 19.9 Å². The Hall–Kier alpha value is -1.81. The third-order valence-electron chi connectivity index (χ3n) is 3.10. The van der Waals surface area contributed by atoms with Crippen LogP contribution in [0.5, 0.6) is 0 Å². The summed E-state index contributed by atoms with van der Waals surface area (Å²) in [6, 6.07) is 7.43. The lowest BCUT2D eigenvalue weighted by molar-refractivity contribution is 0.546. The lowest BCUT2D eigenvalue weighted by Crippen LogP contribution is -2.34. The van der Waals surface area contributed by atoms with E-state index < -0.39 is 23.0 Å². The summed E-state index contributed by atoms with van der Waals surface area (Å²) < 4.78 is 40.0. The fourth-order valence-electron chi connectivity index (χ4n) is 2.06. The molecule has 1 atom stereocenters. The van der Waals surface area contributed by atoms with Crippen molar-refractivity contribution in [2.45, 2.75) is 19.4 Å². The van der Waals surface area contributed by atoms with Gasteiger partial charge < -0.3 is 5.73 Å². The molecule has 1 unspecified atom stereocenters. The van der Waals surface area contributed by atoms with E-state index >= 15 is 0 Å². The van der Waals surface area contributed by atoms with Gasteiger partial charge in [-0.15, -0.1) is 0 Å². The summed E-state index contributed by atoms with van der Waals surface area (Å²) in [7, 11) is 0. The Morgan fingerprint density at radius 1 is 0.789 bits per heavy atom. The van der Waals surface area contributed by atoms with Gasteiger partial charge in [-0.3, -0.25) is 0 Å². The first-order chi connectivity index (χ1) is 8.79. The van der Waals surface area contributed by atoms with Crippen molar-refractivity contribution < 1.29 is 13.2 Å². The van der Waals surface area contributed by atoms with Gasteiger partial charge >= 0.3 is 0 Å². The van der Waals surface area contributed by atoms with Crippen LogP contribution in [0.25, 0.3) is 0 Å². The zero-order valence-electron chi connectivity index (χ0n) is 10.7. The van der Waals surface area contributed by atoms with E-state index in [1.165, 1.54) is 12.1 Å². The first-order valence-corrected chi connectivity index (χ1v) is 5.82. The predicted molar refractivity (Wildman–Crippen MR) is 68.1 cm³/mol. The minimum Gasteiger partial charge on any atom is -0.318 e. The molecule has 0 aromatic heterocycles. The summed E-state index contributed by atoms with van der Waals surface area (Å²) >= 11 is 0. The Morgan fingerprint density at radius 2 is 1.21 bits per heavy atom. The van der Waals surface area contributed by atoms with Gasteiger partial charge in [0.2, 0.25) is 0 Å². The van der Waals surface area contributed by atoms with Crippen LogP contribution in [-0.4, -0.2) is 0 Å². The molecule has 0 bridgehead atoms. The molecule has 0 fully saturated rings. The van der Waals surface area contributed by atoms with Crippen molar-refractivity contribution in [1.82, 2.24) is 0 Å². The molecule has 2 aromatic rings. The lowest BCUT2D eigenvalue weighted by atomic mass is 9.85. The van der Waals surface area contributed by atoms with Crippen molar-refractivity contribution in [2.24, 2.45) is 5.73 Å². The summed E-state index contributed by atoms with van der Waals surface area (Å²) in [5, 5.41) is 0. The van der Waals surface area contributed by atoms with Crippen LogP contribution in [0.3, 0.4) is 0 Å². The highest BCUT2D eigenvalue weighted by Crippen LogP contribution is 2.29. The molecule has 1 nitrogen and oxygen atoms in total. The van der Waals surface area contributed by atoms with E-state index in [1.807, 2.05) is 0 Å². The van der Waals surface area contributed by atoms with Crippen molar-refractivity contribution in [2.75, 3.05) is 0 Å². The van der Waals surface area contributed by atoms with Gasteiger partial charge in [-0.2, -0.15) is 0 Å². The Kier molecular flexibility index (Phi) is 3.37. The van der Waals surface area contributed by atoms with Crippen molar-refractivity contribution in [3.05, 3.63) is 70.5 Å². The number of hydrogen-bond acceptors (Lipinski definition) is 1. The Morgan fingerprint density at radius 3 is 1.68 bits per heavy atom. The largest absolute Gasteiger partial charge is 0.318 e. The molecule has 2 aromatic carbocycles. The van der Waals surface area contributed by atoms with Gasteiger partial charge in [-0.25, -0.2) is 13.2 Å². The van der Waals surface area contributed by atoms with Crippen LogP contribution in [0.4, 0.5) is 13.2 Å². The second-order valence-corrected chi connectivity index (χ2v) is 4.88. The highest BCUT2D eigenvalue weighted by molar-refractivity contribution is 5.39. The van der Waals surface area contributed by atoms with Crippen molar-refractivity contribution >= 4 is 0 Å². The molecule has 0 heterocycles. The maximum Gasteiger partial charge on any atom is 0.126 e. The molecular weight excluding hydrogens is 251 g/mol. The maximum absolute atomic E-state index is 13.4. The van der Waals surface area contributed by atoms with Gasteiger partial charge in [-0.1, -0.05) is 6.07 Å². The molecule has 0 aliphatic heterocycles. The zero-order chi connectivity index (χ0) is 14.2. The maximum atomic E-state index is 13.4. The van der Waals surface area contributed by atoms with E-state index in [-0.39, 0.29) is 5.56 Å². The van der Waals surface area contributed by atoms with E-state index in [4.69, 9.17) is 5.73 Å². The SMILES string of the molecule is Cc1cc(F)cc(C(C)(N)c2cc(F)cc(F)c2)c1. The summed E-state index contributed by atoms with van der Waals surface area (Å²) in [5.41, 5.74) is 6.39. The molecule has 0 aliphatic rings. The van der Waals surface area contributed by atoms with E-state index in [0.29, 0.717) is 11.1 Å². The monoisotopic (exact) mass is 265 g/mol. The minimum absolute atomic E-state index is 0.259. The molecule has 2 N–H and O–H groups in total. The summed E-state index contributed by atoms with van der Waals surface area (Å²) in [6.07, 6.45) is 0. The number of benzene rings is 2. The van der Waals surface area contributed by atoms with Gasteiger partial charge in [-0.05, 0) is 54.8 Å². The van der Waals surface area contributed by atoms with Gasteiger partial charge in [0.05, 0.1) is 5.54 Å². The molecular formula is C15H14F3N. The second-order valence-electron chi connectivity index (χ2n) is 4.88. The van der Waals surface area contributed by atoms with Crippen LogP contribution in [-0.2, 0) is 5.54 Å². The molecule has 19 heavy (non-hydrogen) atoms. The van der Waals surface area contributed by atoms with Gasteiger partial charge in [0.15, 0.2) is 0 Å². The van der Waals surface area contributed by atoms with Crippen LogP contribution in [0, 0.1) is 24.4 Å². The van der Waals surface area contributed by atoms with Crippen LogP contribution in [0.15, 0.2) is 36.4 Å². The molecule has 0 saturated heterocycles. The average molecular weight is 265 g/mol. The van der Waals surface area contributed by atoms with Crippen LogP contribution < -0.4 is 5.73 Å². The van der Waals surface area contributed by atoms with Crippen molar-refractivity contribution in [3.63, 3.8) is 0 Å². The van der Waals surface area contributed by atoms with E-state index in [9.17, 15) is 13.2 Å². The standard InChI is InChI=1S/C15H14F3N/c1-9-3-10(5-12(16)4-9)15(2,19)11-6-13(17)8-14(18)7-11/h3-8H,19H2,1-2H3. The van der Waals surface area contributed by atoms with Crippen molar-refractivity contribution in [1.29, 1.82) is 0 Å². The Labute approximate surface area is 109 Å². The summed E-state index contributed by atoms with van der Waals surface area (Å²) in [5.74, 6) is -1.84. The lowest BCUT2D eigenvalue weighted by Gasteiger charge is -2.26. The van der Waals surface area contributed by atoms with Crippen LogP contribution in [0.1, 0.15) is 23.6 Å². The quantitative estimate of drug-likeness (QED) is 0.881. The fourth-order valence-corrected chi connectivity index (χ4v) is 2.06. The van der Waals surface area contributed by atoms with E-state index in [0.717, 1.165) is 18.2 Å². The van der Waals surface area contributed by atoms with Crippen LogP contribution >= 0.6 is 0 Å². The van der Waals surface area contributed by atoms with Crippen LogP contribution in [0.2, 0.25) is 0 Å². The normalized spacial score (nSPS) is 14.2. The zero-order valence-corrected chi connectivity index (χ0v) is 10.7. The molecule has 0 spiro atoms. The molecule has 2 rings (SSSR count). The Bertz CT molecular complexity index is 527. The summed E-state index contributed by atoms with van der Waals surface area (Å²) in [6.45, 7) is 3.32. The third-order valence-corrected chi connectivity index (χ3v) is 3.10. The molecule has 100 valence electrons. The van der Waals surface area contributed by atoms with Gasteiger partial charge in [0.25, 0.3) is 0 Å². The minimum atomic E-state index is -1.17.